The standard InChI is InChI=1S/C26H13F4N5.Pt/c27-21-14-12-17(25(29)33-21)19-8-4-10-23(31-19)35(16-6-2-1-3-7-16)24-11-5-9-20(32-24)18-13-15-22(28)34-26(18)30;/h1-11,14-15H;/q-2;+2. The SMILES string of the molecule is Fc1c[c-]c(-c2cccc(N(c3ccccc3)c3cccc(-c4[c-]cc(F)nc4F)n3)n2)c(F)n1.[Pt+2]. The van der Waals surface area contributed by atoms with E-state index >= 15 is 0 Å². The zero-order chi connectivity index (χ0) is 24.4. The summed E-state index contributed by atoms with van der Waals surface area (Å²) in [6, 6.07) is 25.7. The maximum Gasteiger partial charge on any atom is 2.00 e. The normalized spacial score (nSPS) is 10.6. The van der Waals surface area contributed by atoms with Crippen molar-refractivity contribution in [2.75, 3.05) is 4.90 Å². The molecule has 0 spiro atoms. The van der Waals surface area contributed by atoms with Crippen LogP contribution in [-0.4, -0.2) is 19.9 Å². The third-order valence-corrected chi connectivity index (χ3v) is 4.95. The number of para-hydroxylation sites is 1. The van der Waals surface area contributed by atoms with E-state index in [1.807, 2.05) is 18.2 Å². The second-order valence-corrected chi connectivity index (χ2v) is 7.21. The van der Waals surface area contributed by atoms with Gasteiger partial charge in [0.2, 0.25) is 0 Å². The van der Waals surface area contributed by atoms with Gasteiger partial charge in [0.05, 0.1) is 0 Å². The maximum absolute atomic E-state index is 14.3. The molecular weight excluding hydrogens is 653 g/mol. The number of pyridine rings is 4. The summed E-state index contributed by atoms with van der Waals surface area (Å²) in [5.41, 5.74) is 0.803. The molecule has 0 atom stereocenters. The first-order chi connectivity index (χ1) is 17.0. The summed E-state index contributed by atoms with van der Waals surface area (Å²) in [6.07, 6.45) is 0. The van der Waals surface area contributed by atoms with Gasteiger partial charge in [0, 0.05) is 5.69 Å². The Labute approximate surface area is 217 Å². The summed E-state index contributed by atoms with van der Waals surface area (Å²) >= 11 is 0. The minimum Gasteiger partial charge on any atom is -0.291 e. The van der Waals surface area contributed by atoms with Crippen LogP contribution in [0.15, 0.2) is 78.9 Å². The summed E-state index contributed by atoms with van der Waals surface area (Å²) in [5, 5.41) is 0. The zero-order valence-electron chi connectivity index (χ0n) is 18.1. The van der Waals surface area contributed by atoms with Crippen molar-refractivity contribution >= 4 is 17.3 Å². The van der Waals surface area contributed by atoms with Gasteiger partial charge in [-0.15, -0.1) is 12.1 Å². The molecule has 10 heteroatoms. The van der Waals surface area contributed by atoms with Gasteiger partial charge in [-0.1, -0.05) is 65.7 Å². The van der Waals surface area contributed by atoms with E-state index < -0.39 is 23.8 Å². The molecule has 36 heavy (non-hydrogen) atoms. The minimum atomic E-state index is -1.05. The Balaban J connectivity index is 0.00000304. The van der Waals surface area contributed by atoms with Crippen LogP contribution in [-0.2, 0) is 21.1 Å². The first-order valence-corrected chi connectivity index (χ1v) is 10.3. The molecule has 0 aliphatic carbocycles. The van der Waals surface area contributed by atoms with Crippen LogP contribution in [0.2, 0.25) is 0 Å². The molecule has 5 nitrogen and oxygen atoms in total. The molecule has 0 fully saturated rings. The Morgan fingerprint density at radius 3 is 1.47 bits per heavy atom. The molecule has 1 aromatic carbocycles. The van der Waals surface area contributed by atoms with Crippen LogP contribution in [0.5, 0.6) is 0 Å². The number of benzene rings is 1. The van der Waals surface area contributed by atoms with E-state index in [1.165, 1.54) is 0 Å². The predicted octanol–water partition coefficient (Wildman–Crippen LogP) is 6.22. The van der Waals surface area contributed by atoms with Gasteiger partial charge in [0.15, 0.2) is 0 Å². The third kappa shape index (κ3) is 5.16. The van der Waals surface area contributed by atoms with E-state index in [0.29, 0.717) is 17.3 Å². The van der Waals surface area contributed by atoms with Crippen LogP contribution in [0.25, 0.3) is 22.5 Å². The van der Waals surface area contributed by atoms with Gasteiger partial charge in [0.1, 0.15) is 35.4 Å². The van der Waals surface area contributed by atoms with Crippen molar-refractivity contribution < 1.29 is 38.6 Å². The zero-order valence-corrected chi connectivity index (χ0v) is 20.3. The number of rotatable bonds is 5. The first-order valence-electron chi connectivity index (χ1n) is 10.3. The molecule has 0 radical (unpaired) electrons. The average Bonchev–Trinajstić information content (AvgIpc) is 2.85. The Morgan fingerprint density at radius 1 is 0.556 bits per heavy atom. The van der Waals surface area contributed by atoms with E-state index in [9.17, 15) is 17.6 Å². The van der Waals surface area contributed by atoms with E-state index in [-0.39, 0.29) is 43.6 Å². The first kappa shape index (κ1) is 25.1. The molecule has 5 rings (SSSR count). The summed E-state index contributed by atoms with van der Waals surface area (Å²) < 4.78 is 55.1. The molecule has 4 heterocycles. The van der Waals surface area contributed by atoms with Gasteiger partial charge in [-0.25, -0.2) is 17.6 Å². The van der Waals surface area contributed by atoms with Crippen molar-refractivity contribution in [1.82, 2.24) is 19.9 Å². The van der Waals surface area contributed by atoms with Gasteiger partial charge >= 0.3 is 21.1 Å². The largest absolute Gasteiger partial charge is 2.00 e. The molecule has 0 amide bonds. The van der Waals surface area contributed by atoms with Crippen LogP contribution in [0.3, 0.4) is 0 Å². The smallest absolute Gasteiger partial charge is 0.291 e. The quantitative estimate of drug-likeness (QED) is 0.127. The fourth-order valence-corrected chi connectivity index (χ4v) is 3.44. The van der Waals surface area contributed by atoms with Gasteiger partial charge in [-0.2, -0.15) is 0 Å². The number of nitrogens with zero attached hydrogens (tertiary/aromatic N) is 5. The van der Waals surface area contributed by atoms with Crippen LogP contribution in [0.4, 0.5) is 34.9 Å². The van der Waals surface area contributed by atoms with E-state index in [2.05, 4.69) is 32.1 Å². The number of hydrogen-bond acceptors (Lipinski definition) is 5. The molecule has 0 saturated heterocycles. The molecule has 4 aromatic heterocycles. The van der Waals surface area contributed by atoms with Crippen molar-refractivity contribution in [2.24, 2.45) is 0 Å². The van der Waals surface area contributed by atoms with Gasteiger partial charge in [0.25, 0.3) is 0 Å². The second kappa shape index (κ2) is 10.7. The monoisotopic (exact) mass is 666 g/mol. The Hall–Kier alpha value is -3.97. The Bertz CT molecular complexity index is 1420. The van der Waals surface area contributed by atoms with Gasteiger partial charge in [-0.05, 0) is 35.7 Å². The number of aromatic nitrogens is 4. The van der Waals surface area contributed by atoms with Crippen LogP contribution < -0.4 is 4.90 Å². The number of anilines is 3. The summed E-state index contributed by atoms with van der Waals surface area (Å²) in [7, 11) is 0. The van der Waals surface area contributed by atoms with Crippen LogP contribution in [0, 0.1) is 35.9 Å². The second-order valence-electron chi connectivity index (χ2n) is 7.21. The van der Waals surface area contributed by atoms with Crippen LogP contribution >= 0.6 is 0 Å². The van der Waals surface area contributed by atoms with Crippen molar-refractivity contribution in [1.29, 1.82) is 0 Å². The minimum absolute atomic E-state index is 0. The number of halogens is 4. The molecule has 180 valence electrons. The molecule has 0 bridgehead atoms. The van der Waals surface area contributed by atoms with Crippen molar-refractivity contribution in [2.45, 2.75) is 0 Å². The topological polar surface area (TPSA) is 54.8 Å². The fraction of sp³-hybridized carbons (Fsp3) is 0. The van der Waals surface area contributed by atoms with E-state index in [0.717, 1.165) is 12.1 Å². The molecule has 0 saturated carbocycles. The molecule has 0 aliphatic rings. The maximum atomic E-state index is 14.3. The molecule has 0 N–H and O–H groups in total. The summed E-state index contributed by atoms with van der Waals surface area (Å²) in [6.45, 7) is 0. The van der Waals surface area contributed by atoms with E-state index in [1.54, 1.807) is 53.4 Å². The molecule has 5 aromatic rings. The fourth-order valence-electron chi connectivity index (χ4n) is 3.44. The summed E-state index contributed by atoms with van der Waals surface area (Å²) in [4.78, 5) is 17.1. The number of hydrogen-bond donors (Lipinski definition) is 0. The Morgan fingerprint density at radius 2 is 1.03 bits per heavy atom. The average molecular weight is 666 g/mol. The molecule has 0 aliphatic heterocycles. The third-order valence-electron chi connectivity index (χ3n) is 4.95. The van der Waals surface area contributed by atoms with E-state index in [4.69, 9.17) is 0 Å². The molecular formula is C26H13F4N5Pt. The Kier molecular flexibility index (Phi) is 7.50. The van der Waals surface area contributed by atoms with Crippen molar-refractivity contribution in [3.63, 3.8) is 0 Å². The molecule has 0 unspecified atom stereocenters. The van der Waals surface area contributed by atoms with Crippen molar-refractivity contribution in [3.05, 3.63) is 115 Å². The van der Waals surface area contributed by atoms with Gasteiger partial charge in [-0.3, -0.25) is 24.8 Å². The van der Waals surface area contributed by atoms with Crippen molar-refractivity contribution in [3.8, 4) is 22.5 Å². The van der Waals surface area contributed by atoms with Crippen LogP contribution in [0.1, 0.15) is 0 Å². The predicted molar refractivity (Wildman–Crippen MR) is 121 cm³/mol. The summed E-state index contributed by atoms with van der Waals surface area (Å²) in [5.74, 6) is -3.39. The van der Waals surface area contributed by atoms with Gasteiger partial charge < -0.3 is 0 Å².